The average Bonchev–Trinajstić information content (AvgIpc) is 3.05. The molecule has 8 heteroatoms. The van der Waals surface area contributed by atoms with Crippen molar-refractivity contribution in [2.24, 2.45) is 17.8 Å². The van der Waals surface area contributed by atoms with Crippen LogP contribution in [0, 0.1) is 17.8 Å². The van der Waals surface area contributed by atoms with Crippen molar-refractivity contribution in [3.63, 3.8) is 0 Å². The monoisotopic (exact) mass is 407 g/mol. The molecule has 152 valence electrons. The minimum absolute atomic E-state index is 0.000469. The van der Waals surface area contributed by atoms with Crippen LogP contribution in [0.4, 0.5) is 5.69 Å². The van der Waals surface area contributed by atoms with Gasteiger partial charge >= 0.3 is 5.97 Å². The van der Waals surface area contributed by atoms with Crippen LogP contribution in [-0.4, -0.2) is 46.9 Å². The van der Waals surface area contributed by atoms with E-state index in [-0.39, 0.29) is 23.5 Å². The molecule has 1 aromatic heterocycles. The standard InChI is InChI=1S/C20H26ClN3O4/c1-12-5-3-7-16(13(12)2)24-10-14(9-18(24)26)20(27)28-11-17(25)23-15-6-4-8-22-19(15)21/h4,6,8,12-14,16H,3,5,7,9-11H2,1-2H3,(H,23,25)/t12-,13-,14-,16+/m1/s1. The fourth-order valence-electron chi connectivity index (χ4n) is 4.12. The van der Waals surface area contributed by atoms with Crippen molar-refractivity contribution in [2.45, 2.75) is 45.6 Å². The van der Waals surface area contributed by atoms with E-state index in [0.29, 0.717) is 24.1 Å². The van der Waals surface area contributed by atoms with E-state index in [4.69, 9.17) is 16.3 Å². The first-order chi connectivity index (χ1) is 13.4. The molecule has 28 heavy (non-hydrogen) atoms. The predicted molar refractivity (Wildman–Crippen MR) is 105 cm³/mol. The van der Waals surface area contributed by atoms with Gasteiger partial charge in [-0.25, -0.2) is 4.98 Å². The number of nitrogens with zero attached hydrogens (tertiary/aromatic N) is 2. The van der Waals surface area contributed by atoms with Gasteiger partial charge in [0.2, 0.25) is 5.91 Å². The number of halogens is 1. The van der Waals surface area contributed by atoms with Gasteiger partial charge in [-0.05, 0) is 30.4 Å². The van der Waals surface area contributed by atoms with E-state index < -0.39 is 24.4 Å². The molecule has 4 atom stereocenters. The Kier molecular flexibility index (Phi) is 6.54. The first kappa shape index (κ1) is 20.6. The molecule has 2 fully saturated rings. The number of aromatic nitrogens is 1. The lowest BCUT2D eigenvalue weighted by molar-refractivity contribution is -0.151. The molecule has 0 unspecified atom stereocenters. The molecule has 7 nitrogen and oxygen atoms in total. The van der Waals surface area contributed by atoms with Gasteiger partial charge in [-0.15, -0.1) is 0 Å². The highest BCUT2D eigenvalue weighted by atomic mass is 35.5. The quantitative estimate of drug-likeness (QED) is 0.598. The summed E-state index contributed by atoms with van der Waals surface area (Å²) in [5.74, 6) is -0.548. The SMILES string of the molecule is C[C@@H]1[C@H](C)CCC[C@@H]1N1C[C@H](C(=O)OCC(=O)Nc2cccnc2Cl)CC1=O. The summed E-state index contributed by atoms with van der Waals surface area (Å²) in [5, 5.41) is 2.71. The zero-order valence-electron chi connectivity index (χ0n) is 16.2. The molecule has 0 radical (unpaired) electrons. The van der Waals surface area contributed by atoms with E-state index in [2.05, 4.69) is 24.1 Å². The molecule has 1 N–H and O–H groups in total. The molecule has 2 aliphatic rings. The second kappa shape index (κ2) is 8.90. The van der Waals surface area contributed by atoms with E-state index >= 15 is 0 Å². The number of likely N-dealkylation sites (tertiary alicyclic amines) is 1. The Morgan fingerprint density at radius 1 is 1.36 bits per heavy atom. The predicted octanol–water partition coefficient (Wildman–Crippen LogP) is 2.89. The van der Waals surface area contributed by atoms with Crippen molar-refractivity contribution < 1.29 is 19.1 Å². The van der Waals surface area contributed by atoms with E-state index in [9.17, 15) is 14.4 Å². The summed E-state index contributed by atoms with van der Waals surface area (Å²) < 4.78 is 5.14. The Morgan fingerprint density at radius 2 is 2.14 bits per heavy atom. The topological polar surface area (TPSA) is 88.6 Å². The third-order valence-electron chi connectivity index (χ3n) is 5.93. The summed E-state index contributed by atoms with van der Waals surface area (Å²) in [6, 6.07) is 3.43. The Morgan fingerprint density at radius 3 is 2.89 bits per heavy atom. The maximum Gasteiger partial charge on any atom is 0.311 e. The molecule has 3 rings (SSSR count). The highest BCUT2D eigenvalue weighted by molar-refractivity contribution is 6.32. The largest absolute Gasteiger partial charge is 0.455 e. The van der Waals surface area contributed by atoms with Crippen molar-refractivity contribution in [3.8, 4) is 0 Å². The number of esters is 1. The molecule has 0 bridgehead atoms. The molecular formula is C20H26ClN3O4. The Hall–Kier alpha value is -2.15. The van der Waals surface area contributed by atoms with Crippen LogP contribution in [0.25, 0.3) is 0 Å². The van der Waals surface area contributed by atoms with Gasteiger partial charge in [0.05, 0.1) is 11.6 Å². The molecule has 2 amide bonds. The zero-order chi connectivity index (χ0) is 20.3. The van der Waals surface area contributed by atoms with Crippen LogP contribution in [0.15, 0.2) is 18.3 Å². The summed E-state index contributed by atoms with van der Waals surface area (Å²) in [6.07, 6.45) is 4.92. The number of carbonyl (C=O) groups excluding carboxylic acids is 3. The van der Waals surface area contributed by atoms with Crippen molar-refractivity contribution in [1.82, 2.24) is 9.88 Å². The molecule has 2 heterocycles. The van der Waals surface area contributed by atoms with E-state index in [0.717, 1.165) is 12.8 Å². The van der Waals surface area contributed by atoms with Crippen LogP contribution in [0.3, 0.4) is 0 Å². The first-order valence-electron chi connectivity index (χ1n) is 9.73. The van der Waals surface area contributed by atoms with Gasteiger partial charge in [0, 0.05) is 25.2 Å². The average molecular weight is 408 g/mol. The number of hydrogen-bond donors (Lipinski definition) is 1. The number of nitrogens with one attached hydrogen (secondary N) is 1. The van der Waals surface area contributed by atoms with Crippen LogP contribution in [0.2, 0.25) is 5.15 Å². The van der Waals surface area contributed by atoms with Crippen molar-refractivity contribution in [3.05, 3.63) is 23.5 Å². The molecule has 0 aromatic carbocycles. The van der Waals surface area contributed by atoms with Gasteiger partial charge in [-0.1, -0.05) is 38.3 Å². The summed E-state index contributed by atoms with van der Waals surface area (Å²) in [7, 11) is 0. The molecule has 1 saturated carbocycles. The third-order valence-corrected chi connectivity index (χ3v) is 6.24. The van der Waals surface area contributed by atoms with E-state index in [1.807, 2.05) is 4.90 Å². The molecule has 1 aliphatic heterocycles. The van der Waals surface area contributed by atoms with Crippen molar-refractivity contribution in [2.75, 3.05) is 18.5 Å². The highest BCUT2D eigenvalue weighted by Gasteiger charge is 2.42. The number of pyridine rings is 1. The number of rotatable bonds is 5. The van der Waals surface area contributed by atoms with Gasteiger partial charge in [0.1, 0.15) is 0 Å². The lowest BCUT2D eigenvalue weighted by atomic mass is 9.77. The number of amides is 2. The van der Waals surface area contributed by atoms with Crippen molar-refractivity contribution in [1.29, 1.82) is 0 Å². The Bertz CT molecular complexity index is 757. The van der Waals surface area contributed by atoms with Gasteiger partial charge < -0.3 is 15.0 Å². The summed E-state index contributed by atoms with van der Waals surface area (Å²) in [6.45, 7) is 4.35. The second-order valence-electron chi connectivity index (χ2n) is 7.78. The third kappa shape index (κ3) is 4.63. The Labute approximate surface area is 169 Å². The van der Waals surface area contributed by atoms with E-state index in [1.54, 1.807) is 12.1 Å². The fourth-order valence-corrected chi connectivity index (χ4v) is 4.29. The lowest BCUT2D eigenvalue weighted by Gasteiger charge is -2.39. The summed E-state index contributed by atoms with van der Waals surface area (Å²) >= 11 is 5.89. The molecule has 1 saturated heterocycles. The van der Waals surface area contributed by atoms with Crippen LogP contribution in [0.1, 0.15) is 39.5 Å². The van der Waals surface area contributed by atoms with Crippen LogP contribution in [0.5, 0.6) is 0 Å². The molecule has 0 spiro atoms. The summed E-state index contributed by atoms with van der Waals surface area (Å²) in [4.78, 5) is 42.5. The molecular weight excluding hydrogens is 382 g/mol. The number of anilines is 1. The highest BCUT2D eigenvalue weighted by Crippen LogP contribution is 2.35. The maximum absolute atomic E-state index is 12.5. The lowest BCUT2D eigenvalue weighted by Crippen LogP contribution is -2.45. The maximum atomic E-state index is 12.5. The number of ether oxygens (including phenoxy) is 1. The minimum atomic E-state index is -0.522. The molecule has 1 aromatic rings. The van der Waals surface area contributed by atoms with Crippen LogP contribution >= 0.6 is 11.6 Å². The fraction of sp³-hybridized carbons (Fsp3) is 0.600. The first-order valence-corrected chi connectivity index (χ1v) is 10.1. The van der Waals surface area contributed by atoms with Crippen LogP contribution < -0.4 is 5.32 Å². The summed E-state index contributed by atoms with van der Waals surface area (Å²) in [5.41, 5.74) is 0.354. The van der Waals surface area contributed by atoms with Gasteiger partial charge in [-0.3, -0.25) is 14.4 Å². The minimum Gasteiger partial charge on any atom is -0.455 e. The number of hydrogen-bond acceptors (Lipinski definition) is 5. The van der Waals surface area contributed by atoms with E-state index in [1.165, 1.54) is 12.6 Å². The zero-order valence-corrected chi connectivity index (χ0v) is 16.9. The van der Waals surface area contributed by atoms with Gasteiger partial charge in [0.25, 0.3) is 5.91 Å². The number of carbonyl (C=O) groups is 3. The normalized spacial score (nSPS) is 27.5. The van der Waals surface area contributed by atoms with Crippen molar-refractivity contribution >= 4 is 35.1 Å². The Balaban J connectivity index is 1.50. The molecule has 1 aliphatic carbocycles. The second-order valence-corrected chi connectivity index (χ2v) is 8.14. The van der Waals surface area contributed by atoms with Gasteiger partial charge in [-0.2, -0.15) is 0 Å². The van der Waals surface area contributed by atoms with Crippen LogP contribution in [-0.2, 0) is 19.1 Å². The van der Waals surface area contributed by atoms with Gasteiger partial charge in [0.15, 0.2) is 11.8 Å². The smallest absolute Gasteiger partial charge is 0.311 e.